The third-order valence-electron chi connectivity index (χ3n) is 4.08. The molecule has 2 N–H and O–H groups in total. The second-order valence-electron chi connectivity index (χ2n) is 5.03. The minimum absolute atomic E-state index is 0.150. The molecule has 2 saturated heterocycles. The summed E-state index contributed by atoms with van der Waals surface area (Å²) in [5, 5.41) is 13.1. The lowest BCUT2D eigenvalue weighted by molar-refractivity contribution is 0.0846. The van der Waals surface area contributed by atoms with Crippen LogP contribution in [0.5, 0.6) is 0 Å². The standard InChI is InChI=1S/C12H24N2O/c1-2-10-4-3-6-14(7-5-10)11-8-13-9-12(11)15/h10-13,15H,2-9H2,1H3. The maximum absolute atomic E-state index is 9.85. The van der Waals surface area contributed by atoms with Crippen molar-refractivity contribution in [2.24, 2.45) is 5.92 Å². The summed E-state index contributed by atoms with van der Waals surface area (Å²) in [5.41, 5.74) is 0. The molecule has 2 rings (SSSR count). The summed E-state index contributed by atoms with van der Waals surface area (Å²) in [6.45, 7) is 6.41. The van der Waals surface area contributed by atoms with E-state index in [0.29, 0.717) is 6.04 Å². The number of aliphatic hydroxyl groups is 1. The Balaban J connectivity index is 1.87. The van der Waals surface area contributed by atoms with Crippen molar-refractivity contribution in [3.63, 3.8) is 0 Å². The second-order valence-corrected chi connectivity index (χ2v) is 5.03. The van der Waals surface area contributed by atoms with Crippen LogP contribution in [0.3, 0.4) is 0 Å². The lowest BCUT2D eigenvalue weighted by atomic mass is 9.98. The zero-order chi connectivity index (χ0) is 10.7. The first-order valence-electron chi connectivity index (χ1n) is 6.44. The number of β-amino-alcohol motifs (C(OH)–C–C–N with tert-alkyl or cyclic N) is 1. The Kier molecular flexibility index (Phi) is 4.00. The molecule has 3 atom stereocenters. The predicted molar refractivity (Wildman–Crippen MR) is 61.9 cm³/mol. The highest BCUT2D eigenvalue weighted by Gasteiger charge is 2.31. The molecule has 2 heterocycles. The molecule has 3 heteroatoms. The Hall–Kier alpha value is -0.120. The van der Waals surface area contributed by atoms with E-state index < -0.39 is 0 Å². The summed E-state index contributed by atoms with van der Waals surface area (Å²) in [6.07, 6.45) is 5.17. The van der Waals surface area contributed by atoms with Crippen LogP contribution in [-0.2, 0) is 0 Å². The fraction of sp³-hybridized carbons (Fsp3) is 1.00. The summed E-state index contributed by atoms with van der Waals surface area (Å²) in [6, 6.07) is 0.376. The van der Waals surface area contributed by atoms with Gasteiger partial charge in [-0.25, -0.2) is 0 Å². The maximum Gasteiger partial charge on any atom is 0.0831 e. The van der Waals surface area contributed by atoms with E-state index in [9.17, 15) is 5.11 Å². The average molecular weight is 212 g/mol. The van der Waals surface area contributed by atoms with Crippen molar-refractivity contribution >= 4 is 0 Å². The normalized spacial score (nSPS) is 39.2. The third kappa shape index (κ3) is 2.71. The molecule has 0 spiro atoms. The number of hydrogen-bond acceptors (Lipinski definition) is 3. The van der Waals surface area contributed by atoms with Crippen molar-refractivity contribution in [2.45, 2.75) is 44.8 Å². The fourth-order valence-electron chi connectivity index (χ4n) is 2.95. The van der Waals surface area contributed by atoms with Crippen LogP contribution in [-0.4, -0.2) is 48.3 Å². The van der Waals surface area contributed by atoms with Crippen molar-refractivity contribution in [1.29, 1.82) is 0 Å². The van der Waals surface area contributed by atoms with E-state index in [4.69, 9.17) is 0 Å². The maximum atomic E-state index is 9.85. The number of nitrogens with zero attached hydrogens (tertiary/aromatic N) is 1. The van der Waals surface area contributed by atoms with Gasteiger partial charge in [0.15, 0.2) is 0 Å². The Labute approximate surface area is 92.8 Å². The van der Waals surface area contributed by atoms with Gasteiger partial charge in [0, 0.05) is 19.1 Å². The molecule has 2 aliphatic rings. The largest absolute Gasteiger partial charge is 0.390 e. The Morgan fingerprint density at radius 1 is 1.27 bits per heavy atom. The number of rotatable bonds is 2. The first kappa shape index (κ1) is 11.4. The topological polar surface area (TPSA) is 35.5 Å². The summed E-state index contributed by atoms with van der Waals surface area (Å²) in [4.78, 5) is 2.50. The van der Waals surface area contributed by atoms with Crippen LogP contribution in [0.2, 0.25) is 0 Å². The molecule has 15 heavy (non-hydrogen) atoms. The molecule has 2 aliphatic heterocycles. The molecule has 0 saturated carbocycles. The second kappa shape index (κ2) is 5.28. The van der Waals surface area contributed by atoms with E-state index >= 15 is 0 Å². The minimum Gasteiger partial charge on any atom is -0.390 e. The van der Waals surface area contributed by atoms with Crippen LogP contribution in [0, 0.1) is 5.92 Å². The monoisotopic (exact) mass is 212 g/mol. The van der Waals surface area contributed by atoms with Gasteiger partial charge in [0.05, 0.1) is 6.10 Å². The summed E-state index contributed by atoms with van der Waals surface area (Å²) < 4.78 is 0. The molecule has 88 valence electrons. The van der Waals surface area contributed by atoms with Gasteiger partial charge in [-0.2, -0.15) is 0 Å². The van der Waals surface area contributed by atoms with E-state index in [1.54, 1.807) is 0 Å². The molecule has 2 fully saturated rings. The van der Waals surface area contributed by atoms with Crippen LogP contribution in [0.4, 0.5) is 0 Å². The summed E-state index contributed by atoms with van der Waals surface area (Å²) in [7, 11) is 0. The number of nitrogens with one attached hydrogen (secondary N) is 1. The highest BCUT2D eigenvalue weighted by atomic mass is 16.3. The summed E-state index contributed by atoms with van der Waals surface area (Å²) in [5.74, 6) is 0.918. The van der Waals surface area contributed by atoms with Gasteiger partial charge in [0.2, 0.25) is 0 Å². The Bertz CT molecular complexity index is 198. The lowest BCUT2D eigenvalue weighted by Crippen LogP contribution is -2.43. The molecule has 3 unspecified atom stereocenters. The van der Waals surface area contributed by atoms with E-state index in [-0.39, 0.29) is 6.10 Å². The number of likely N-dealkylation sites (tertiary alicyclic amines) is 1. The van der Waals surface area contributed by atoms with E-state index in [1.165, 1.54) is 38.8 Å². The molecular formula is C12H24N2O. The number of hydrogen-bond donors (Lipinski definition) is 2. The van der Waals surface area contributed by atoms with E-state index in [1.807, 2.05) is 0 Å². The summed E-state index contributed by atoms with van der Waals surface area (Å²) >= 11 is 0. The van der Waals surface area contributed by atoms with Crippen molar-refractivity contribution in [3.05, 3.63) is 0 Å². The van der Waals surface area contributed by atoms with Crippen molar-refractivity contribution in [1.82, 2.24) is 10.2 Å². The van der Waals surface area contributed by atoms with E-state index in [0.717, 1.165) is 19.0 Å². The van der Waals surface area contributed by atoms with Crippen LogP contribution >= 0.6 is 0 Å². The van der Waals surface area contributed by atoms with Crippen molar-refractivity contribution in [3.8, 4) is 0 Å². The van der Waals surface area contributed by atoms with Gasteiger partial charge in [0.25, 0.3) is 0 Å². The van der Waals surface area contributed by atoms with Gasteiger partial charge in [-0.3, -0.25) is 4.90 Å². The van der Waals surface area contributed by atoms with Gasteiger partial charge < -0.3 is 10.4 Å². The third-order valence-corrected chi connectivity index (χ3v) is 4.08. The Morgan fingerprint density at radius 2 is 2.13 bits per heavy atom. The molecule has 0 aliphatic carbocycles. The number of aliphatic hydroxyl groups excluding tert-OH is 1. The fourth-order valence-corrected chi connectivity index (χ4v) is 2.95. The zero-order valence-electron chi connectivity index (χ0n) is 9.78. The van der Waals surface area contributed by atoms with Gasteiger partial charge in [0.1, 0.15) is 0 Å². The van der Waals surface area contributed by atoms with Crippen molar-refractivity contribution < 1.29 is 5.11 Å². The highest BCUT2D eigenvalue weighted by Crippen LogP contribution is 2.22. The van der Waals surface area contributed by atoms with Crippen molar-refractivity contribution in [2.75, 3.05) is 26.2 Å². The lowest BCUT2D eigenvalue weighted by Gasteiger charge is -2.29. The van der Waals surface area contributed by atoms with Gasteiger partial charge in [-0.1, -0.05) is 13.3 Å². The van der Waals surface area contributed by atoms with Crippen LogP contribution < -0.4 is 5.32 Å². The van der Waals surface area contributed by atoms with Crippen LogP contribution in [0.15, 0.2) is 0 Å². The van der Waals surface area contributed by atoms with Gasteiger partial charge in [-0.05, 0) is 38.3 Å². The smallest absolute Gasteiger partial charge is 0.0831 e. The molecular weight excluding hydrogens is 188 g/mol. The molecule has 3 nitrogen and oxygen atoms in total. The highest BCUT2D eigenvalue weighted by molar-refractivity contribution is 4.89. The molecule has 0 aromatic heterocycles. The SMILES string of the molecule is CCC1CCCN(C2CNCC2O)CC1. The first-order valence-corrected chi connectivity index (χ1v) is 6.44. The van der Waals surface area contributed by atoms with Gasteiger partial charge >= 0.3 is 0 Å². The molecule has 0 aromatic rings. The van der Waals surface area contributed by atoms with Crippen LogP contribution in [0.25, 0.3) is 0 Å². The van der Waals surface area contributed by atoms with Gasteiger partial charge in [-0.15, -0.1) is 0 Å². The Morgan fingerprint density at radius 3 is 2.80 bits per heavy atom. The average Bonchev–Trinajstić information content (AvgIpc) is 2.54. The molecule has 0 aromatic carbocycles. The quantitative estimate of drug-likeness (QED) is 0.712. The zero-order valence-corrected chi connectivity index (χ0v) is 9.78. The van der Waals surface area contributed by atoms with Crippen LogP contribution in [0.1, 0.15) is 32.6 Å². The molecule has 0 amide bonds. The minimum atomic E-state index is -0.150. The predicted octanol–water partition coefficient (Wildman–Crippen LogP) is 0.831. The van der Waals surface area contributed by atoms with E-state index in [2.05, 4.69) is 17.1 Å². The first-order chi connectivity index (χ1) is 7.31. The molecule has 0 radical (unpaired) electrons. The molecule has 0 bridgehead atoms.